The first-order chi connectivity index (χ1) is 8.60. The van der Waals surface area contributed by atoms with Crippen molar-refractivity contribution in [3.8, 4) is 0 Å². The maximum Gasteiger partial charge on any atom is 0.324 e. The SMILES string of the molecule is NC1(C(=O)O)[C@@H]2C[C@H]1CN(Cc1ccccc1)C2. The molecule has 2 bridgehead atoms. The van der Waals surface area contributed by atoms with Gasteiger partial charge in [0.25, 0.3) is 0 Å². The first-order valence-electron chi connectivity index (χ1n) is 6.39. The Labute approximate surface area is 106 Å². The van der Waals surface area contributed by atoms with Crippen molar-refractivity contribution in [2.75, 3.05) is 13.1 Å². The van der Waals surface area contributed by atoms with Crippen LogP contribution in [-0.4, -0.2) is 34.6 Å². The summed E-state index contributed by atoms with van der Waals surface area (Å²) in [7, 11) is 0. The second kappa shape index (κ2) is 4.07. The molecule has 0 spiro atoms. The standard InChI is InChI=1S/C14H18N2O2/c15-14(13(17)18)11-6-12(14)9-16(8-11)7-10-4-2-1-3-5-10/h1-5,11-12H,6-9,15H2,(H,17,18)/t11-,12+,14?. The Kier molecular flexibility index (Phi) is 2.64. The Morgan fingerprint density at radius 3 is 2.50 bits per heavy atom. The summed E-state index contributed by atoms with van der Waals surface area (Å²) in [4.78, 5) is 13.6. The zero-order valence-corrected chi connectivity index (χ0v) is 10.2. The van der Waals surface area contributed by atoms with Crippen molar-refractivity contribution < 1.29 is 9.90 Å². The van der Waals surface area contributed by atoms with E-state index in [9.17, 15) is 9.90 Å². The minimum absolute atomic E-state index is 0.109. The molecule has 2 aliphatic heterocycles. The predicted molar refractivity (Wildman–Crippen MR) is 67.9 cm³/mol. The molecule has 1 aliphatic carbocycles. The van der Waals surface area contributed by atoms with Crippen molar-refractivity contribution in [2.24, 2.45) is 17.6 Å². The van der Waals surface area contributed by atoms with Crippen molar-refractivity contribution in [3.63, 3.8) is 0 Å². The third kappa shape index (κ3) is 1.64. The molecule has 1 aromatic rings. The third-order valence-electron chi connectivity index (χ3n) is 4.50. The molecular weight excluding hydrogens is 228 g/mol. The summed E-state index contributed by atoms with van der Waals surface area (Å²) >= 11 is 0. The number of hydrogen-bond donors (Lipinski definition) is 2. The Bertz CT molecular complexity index is 448. The van der Waals surface area contributed by atoms with Crippen LogP contribution < -0.4 is 5.73 Å². The van der Waals surface area contributed by atoms with E-state index in [0.717, 1.165) is 26.1 Å². The molecule has 0 aromatic heterocycles. The van der Waals surface area contributed by atoms with E-state index in [-0.39, 0.29) is 11.8 Å². The van der Waals surface area contributed by atoms with E-state index >= 15 is 0 Å². The van der Waals surface area contributed by atoms with Crippen LogP contribution in [0.2, 0.25) is 0 Å². The molecule has 18 heavy (non-hydrogen) atoms. The number of carboxylic acids is 1. The van der Waals surface area contributed by atoms with E-state index in [1.54, 1.807) is 0 Å². The van der Waals surface area contributed by atoms with Gasteiger partial charge in [0, 0.05) is 31.5 Å². The highest BCUT2D eigenvalue weighted by molar-refractivity contribution is 5.81. The number of carbonyl (C=O) groups is 1. The molecule has 1 aromatic carbocycles. The quantitative estimate of drug-likeness (QED) is 0.832. The van der Waals surface area contributed by atoms with Gasteiger partial charge in [0.15, 0.2) is 0 Å². The van der Waals surface area contributed by atoms with Crippen LogP contribution >= 0.6 is 0 Å². The van der Waals surface area contributed by atoms with Crippen molar-refractivity contribution in [3.05, 3.63) is 35.9 Å². The first kappa shape index (κ1) is 11.7. The average molecular weight is 246 g/mol. The normalized spacial score (nSPS) is 34.9. The molecule has 0 radical (unpaired) electrons. The van der Waals surface area contributed by atoms with Gasteiger partial charge in [-0.25, -0.2) is 0 Å². The summed E-state index contributed by atoms with van der Waals surface area (Å²) < 4.78 is 0. The number of fused-ring (bicyclic) bond motifs is 2. The van der Waals surface area contributed by atoms with Crippen molar-refractivity contribution in [1.29, 1.82) is 0 Å². The molecule has 2 heterocycles. The Balaban J connectivity index is 1.66. The van der Waals surface area contributed by atoms with Gasteiger partial charge in [0.2, 0.25) is 0 Å². The maximum absolute atomic E-state index is 11.2. The molecule has 1 saturated carbocycles. The van der Waals surface area contributed by atoms with Crippen LogP contribution in [0.25, 0.3) is 0 Å². The van der Waals surface area contributed by atoms with E-state index in [2.05, 4.69) is 17.0 Å². The molecule has 4 rings (SSSR count). The molecule has 96 valence electrons. The lowest BCUT2D eigenvalue weighted by molar-refractivity contribution is -0.165. The lowest BCUT2D eigenvalue weighted by Gasteiger charge is -2.58. The molecule has 2 saturated heterocycles. The molecule has 3 atom stereocenters. The van der Waals surface area contributed by atoms with E-state index < -0.39 is 11.5 Å². The number of aliphatic carboxylic acids is 1. The molecule has 4 nitrogen and oxygen atoms in total. The lowest BCUT2D eigenvalue weighted by atomic mass is 9.56. The Morgan fingerprint density at radius 1 is 1.33 bits per heavy atom. The highest BCUT2D eigenvalue weighted by atomic mass is 16.4. The Hall–Kier alpha value is -1.39. The number of rotatable bonds is 3. The van der Waals surface area contributed by atoms with Gasteiger partial charge in [-0.05, 0) is 12.0 Å². The molecule has 1 unspecified atom stereocenters. The molecule has 3 fully saturated rings. The fourth-order valence-electron chi connectivity index (χ4n) is 3.38. The van der Waals surface area contributed by atoms with E-state index in [4.69, 9.17) is 5.73 Å². The predicted octanol–water partition coefficient (Wildman–Crippen LogP) is 0.920. The van der Waals surface area contributed by atoms with E-state index in [1.807, 2.05) is 18.2 Å². The second-order valence-corrected chi connectivity index (χ2v) is 5.55. The van der Waals surface area contributed by atoms with Crippen LogP contribution in [0.1, 0.15) is 12.0 Å². The highest BCUT2D eigenvalue weighted by Gasteiger charge is 2.61. The zero-order valence-electron chi connectivity index (χ0n) is 10.2. The Morgan fingerprint density at radius 2 is 1.94 bits per heavy atom. The van der Waals surface area contributed by atoms with Crippen LogP contribution in [0.4, 0.5) is 0 Å². The minimum atomic E-state index is -0.965. The van der Waals surface area contributed by atoms with Crippen LogP contribution in [0.5, 0.6) is 0 Å². The van der Waals surface area contributed by atoms with E-state index in [1.165, 1.54) is 5.56 Å². The summed E-state index contributed by atoms with van der Waals surface area (Å²) in [6.07, 6.45) is 0.966. The largest absolute Gasteiger partial charge is 0.480 e. The number of hydrogen-bond acceptors (Lipinski definition) is 3. The molecule has 4 heteroatoms. The third-order valence-corrected chi connectivity index (χ3v) is 4.50. The molecule has 3 aliphatic rings. The number of carboxylic acid groups (broad SMARTS) is 1. The fourth-order valence-corrected chi connectivity index (χ4v) is 3.38. The number of piperidine rings is 2. The van der Waals surface area contributed by atoms with Gasteiger partial charge in [-0.15, -0.1) is 0 Å². The van der Waals surface area contributed by atoms with Crippen LogP contribution in [0.15, 0.2) is 30.3 Å². The summed E-state index contributed by atoms with van der Waals surface area (Å²) in [5.41, 5.74) is 6.33. The fraction of sp³-hybridized carbons (Fsp3) is 0.500. The monoisotopic (exact) mass is 246 g/mol. The molecular formula is C14H18N2O2. The second-order valence-electron chi connectivity index (χ2n) is 5.55. The lowest BCUT2D eigenvalue weighted by Crippen LogP contribution is -2.74. The number of nitrogens with two attached hydrogens (primary N) is 1. The van der Waals surface area contributed by atoms with Crippen LogP contribution in [-0.2, 0) is 11.3 Å². The summed E-state index contributed by atoms with van der Waals surface area (Å²) in [5.74, 6) is -0.613. The van der Waals surface area contributed by atoms with Crippen LogP contribution in [0.3, 0.4) is 0 Å². The summed E-state index contributed by atoms with van der Waals surface area (Å²) in [6.45, 7) is 2.49. The number of benzene rings is 1. The maximum atomic E-state index is 11.2. The van der Waals surface area contributed by atoms with Gasteiger partial charge < -0.3 is 10.8 Å². The van der Waals surface area contributed by atoms with E-state index in [0.29, 0.717) is 0 Å². The van der Waals surface area contributed by atoms with Crippen LogP contribution in [0, 0.1) is 11.8 Å². The van der Waals surface area contributed by atoms with Gasteiger partial charge in [0.05, 0.1) is 0 Å². The van der Waals surface area contributed by atoms with Crippen molar-refractivity contribution in [1.82, 2.24) is 4.90 Å². The smallest absolute Gasteiger partial charge is 0.324 e. The van der Waals surface area contributed by atoms with Gasteiger partial charge in [-0.3, -0.25) is 9.69 Å². The van der Waals surface area contributed by atoms with Crippen molar-refractivity contribution >= 4 is 5.97 Å². The van der Waals surface area contributed by atoms with Gasteiger partial charge in [-0.1, -0.05) is 30.3 Å². The highest BCUT2D eigenvalue weighted by Crippen LogP contribution is 2.47. The minimum Gasteiger partial charge on any atom is -0.480 e. The summed E-state index contributed by atoms with van der Waals surface area (Å²) in [5, 5.41) is 9.23. The zero-order chi connectivity index (χ0) is 12.8. The van der Waals surface area contributed by atoms with Crippen molar-refractivity contribution in [2.45, 2.75) is 18.5 Å². The van der Waals surface area contributed by atoms with Gasteiger partial charge in [-0.2, -0.15) is 0 Å². The van der Waals surface area contributed by atoms with Gasteiger partial charge in [0.1, 0.15) is 5.54 Å². The molecule has 0 amide bonds. The van der Waals surface area contributed by atoms with Gasteiger partial charge >= 0.3 is 5.97 Å². The average Bonchev–Trinajstić information content (AvgIpc) is 2.38. The summed E-state index contributed by atoms with van der Waals surface area (Å²) in [6, 6.07) is 10.3. The molecule has 3 N–H and O–H groups in total. The number of nitrogens with zero attached hydrogens (tertiary/aromatic N) is 1. The topological polar surface area (TPSA) is 66.6 Å². The first-order valence-corrected chi connectivity index (χ1v) is 6.39.